The van der Waals surface area contributed by atoms with Crippen molar-refractivity contribution in [3.63, 3.8) is 0 Å². The van der Waals surface area contributed by atoms with E-state index in [4.69, 9.17) is 0 Å². The molecule has 0 spiro atoms. The molecule has 3 nitrogen and oxygen atoms in total. The molecule has 0 saturated carbocycles. The average molecular weight is 676 g/mol. The van der Waals surface area contributed by atoms with Gasteiger partial charge in [0.1, 0.15) is 0 Å². The third-order valence-corrected chi connectivity index (χ3v) is 11.5. The molecule has 4 aliphatic rings. The summed E-state index contributed by atoms with van der Waals surface area (Å²) in [5.74, 6) is 0. The normalized spacial score (nSPS) is 17.3. The van der Waals surface area contributed by atoms with Gasteiger partial charge in [0.2, 0.25) is 6.71 Å². The van der Waals surface area contributed by atoms with Gasteiger partial charge >= 0.3 is 0 Å². The number of aryl methyl sites for hydroxylation is 4. The summed E-state index contributed by atoms with van der Waals surface area (Å²) in [6.45, 7) is 13.4. The molecule has 1 atom stereocenters. The van der Waals surface area contributed by atoms with Crippen LogP contribution in [0, 0.1) is 27.7 Å². The maximum atomic E-state index is 2.66. The van der Waals surface area contributed by atoms with Crippen LogP contribution in [-0.4, -0.2) is 12.8 Å². The molecule has 5 aromatic rings. The lowest BCUT2D eigenvalue weighted by atomic mass is 9.31. The Hall–Kier alpha value is -5.48. The summed E-state index contributed by atoms with van der Waals surface area (Å²) in [7, 11) is 0. The summed E-state index contributed by atoms with van der Waals surface area (Å²) in [4.78, 5) is 7.73. The van der Waals surface area contributed by atoms with Crippen molar-refractivity contribution in [1.29, 1.82) is 0 Å². The first kappa shape index (κ1) is 32.4. The van der Waals surface area contributed by atoms with Crippen LogP contribution in [0.1, 0.15) is 55.4 Å². The van der Waals surface area contributed by atoms with Crippen LogP contribution >= 0.6 is 0 Å². The van der Waals surface area contributed by atoms with Crippen LogP contribution in [0.25, 0.3) is 0 Å². The highest BCUT2D eigenvalue weighted by Gasteiger charge is 2.47. The second kappa shape index (κ2) is 12.6. The van der Waals surface area contributed by atoms with Gasteiger partial charge in [-0.25, -0.2) is 0 Å². The van der Waals surface area contributed by atoms with Gasteiger partial charge in [0, 0.05) is 39.8 Å². The summed E-state index contributed by atoms with van der Waals surface area (Å²) in [6, 6.07) is 39.5. The number of anilines is 7. The van der Waals surface area contributed by atoms with E-state index in [1.807, 2.05) is 0 Å². The Kier molecular flexibility index (Phi) is 7.88. The highest BCUT2D eigenvalue weighted by Crippen LogP contribution is 2.49. The Balaban J connectivity index is 1.39. The summed E-state index contributed by atoms with van der Waals surface area (Å²) in [5.41, 5.74) is 22.1. The van der Waals surface area contributed by atoms with Gasteiger partial charge in [0.25, 0.3) is 0 Å². The predicted octanol–water partition coefficient (Wildman–Crippen LogP) is 11.4. The van der Waals surface area contributed by atoms with E-state index in [0.29, 0.717) is 0 Å². The van der Waals surface area contributed by atoms with Crippen LogP contribution in [-0.2, 0) is 0 Å². The van der Waals surface area contributed by atoms with Crippen molar-refractivity contribution < 1.29 is 0 Å². The lowest BCUT2D eigenvalue weighted by Crippen LogP contribution is -2.61. The van der Waals surface area contributed by atoms with E-state index in [1.54, 1.807) is 0 Å². The molecule has 0 amide bonds. The molecule has 2 aliphatic carbocycles. The van der Waals surface area contributed by atoms with Crippen LogP contribution in [0.5, 0.6) is 0 Å². The van der Waals surface area contributed by atoms with Crippen LogP contribution in [0.4, 0.5) is 39.8 Å². The number of nitrogens with zero attached hydrogens (tertiary/aromatic N) is 3. The van der Waals surface area contributed by atoms with Gasteiger partial charge < -0.3 is 14.7 Å². The molecule has 2 aliphatic heterocycles. The Bertz CT molecular complexity index is 2300. The second-order valence-corrected chi connectivity index (χ2v) is 15.5. The smallest absolute Gasteiger partial charge is 0.247 e. The largest absolute Gasteiger partial charge is 0.335 e. The fourth-order valence-corrected chi connectivity index (χ4v) is 8.79. The number of allylic oxidation sites excluding steroid dienone is 6. The van der Waals surface area contributed by atoms with E-state index in [2.05, 4.69) is 184 Å². The Morgan fingerprint density at radius 1 is 0.596 bits per heavy atom. The zero-order valence-electron chi connectivity index (χ0n) is 31.2. The molecule has 0 N–H and O–H groups in total. The fourth-order valence-electron chi connectivity index (χ4n) is 8.79. The van der Waals surface area contributed by atoms with Crippen molar-refractivity contribution in [2.45, 2.75) is 66.8 Å². The van der Waals surface area contributed by atoms with Crippen molar-refractivity contribution in [2.24, 2.45) is 0 Å². The van der Waals surface area contributed by atoms with Crippen molar-refractivity contribution in [2.75, 3.05) is 14.7 Å². The summed E-state index contributed by atoms with van der Waals surface area (Å²) < 4.78 is 0. The third kappa shape index (κ3) is 5.44. The lowest BCUT2D eigenvalue weighted by Gasteiger charge is -2.50. The first-order valence-electron chi connectivity index (χ1n) is 18.9. The van der Waals surface area contributed by atoms with Crippen molar-refractivity contribution >= 4 is 57.5 Å². The molecule has 0 bridgehead atoms. The molecule has 5 aromatic carbocycles. The fraction of sp³-hybridized carbons (Fsp3) is 0.208. The van der Waals surface area contributed by atoms with Crippen LogP contribution in [0.15, 0.2) is 150 Å². The molecule has 256 valence electrons. The Morgan fingerprint density at radius 2 is 1.21 bits per heavy atom. The van der Waals surface area contributed by atoms with Crippen molar-refractivity contribution in [3.05, 3.63) is 172 Å². The Morgan fingerprint density at radius 3 is 1.85 bits per heavy atom. The SMILES string of the molecule is CC1=CCC2C(=C1)B1c3cc(C)ccc3N(C3=CC=C(C)CC3)c3cc(N(c4ccc(C)cc4)c4ccc(C)cc4)cc(c31)N2c1ccc(C)cc1. The average Bonchev–Trinajstić information content (AvgIpc) is 3.14. The van der Waals surface area contributed by atoms with Crippen molar-refractivity contribution in [3.8, 4) is 0 Å². The number of hydrogen-bond acceptors (Lipinski definition) is 3. The first-order chi connectivity index (χ1) is 25.2. The molecule has 2 heterocycles. The summed E-state index contributed by atoms with van der Waals surface area (Å²) in [6.07, 6.45) is 12.7. The molecule has 0 radical (unpaired) electrons. The number of hydrogen-bond donors (Lipinski definition) is 0. The van der Waals surface area contributed by atoms with Crippen molar-refractivity contribution in [1.82, 2.24) is 0 Å². The second-order valence-electron chi connectivity index (χ2n) is 15.5. The van der Waals surface area contributed by atoms with Gasteiger partial charge in [-0.15, -0.1) is 0 Å². The maximum Gasteiger partial charge on any atom is 0.247 e. The summed E-state index contributed by atoms with van der Waals surface area (Å²) in [5, 5.41) is 0. The van der Waals surface area contributed by atoms with Gasteiger partial charge in [0.15, 0.2) is 0 Å². The highest BCUT2D eigenvalue weighted by atomic mass is 15.2. The zero-order chi connectivity index (χ0) is 35.7. The molecule has 0 fully saturated rings. The van der Waals surface area contributed by atoms with E-state index in [9.17, 15) is 0 Å². The van der Waals surface area contributed by atoms with Gasteiger partial charge in [-0.1, -0.05) is 106 Å². The van der Waals surface area contributed by atoms with E-state index in [1.165, 1.54) is 78.2 Å². The standard InChI is InChI=1S/C48H46BN3/c1-31-7-17-37(18-8-31)50(38-19-9-32(2)10-20-38)41-29-46-48-47(30-41)52(40-23-13-34(4)14-24-40)45-26-16-36(6)28-43(45)49(48)42-27-35(5)15-25-44(42)51(46)39-21-11-33(3)12-22-39/h7-13,15-23,26-30,44H,14,24-25H2,1-6H3. The number of rotatable bonds is 5. The molecule has 1 unspecified atom stereocenters. The highest BCUT2D eigenvalue weighted by molar-refractivity contribution is 6.95. The number of benzene rings is 5. The lowest BCUT2D eigenvalue weighted by molar-refractivity contribution is 0.758. The van der Waals surface area contributed by atoms with Crippen LogP contribution < -0.4 is 25.6 Å². The van der Waals surface area contributed by atoms with E-state index < -0.39 is 0 Å². The minimum Gasteiger partial charge on any atom is -0.335 e. The molecule has 4 heteroatoms. The minimum absolute atomic E-state index is 0.161. The predicted molar refractivity (Wildman–Crippen MR) is 224 cm³/mol. The van der Waals surface area contributed by atoms with Crippen LogP contribution in [0.2, 0.25) is 0 Å². The monoisotopic (exact) mass is 675 g/mol. The molecule has 0 saturated heterocycles. The quantitative estimate of drug-likeness (QED) is 0.172. The van der Waals surface area contributed by atoms with E-state index in [-0.39, 0.29) is 12.8 Å². The molecular formula is C48H46BN3. The van der Waals surface area contributed by atoms with E-state index in [0.717, 1.165) is 36.3 Å². The minimum atomic E-state index is 0.161. The van der Waals surface area contributed by atoms with Gasteiger partial charge in [-0.05, 0) is 132 Å². The molecule has 0 aromatic heterocycles. The summed E-state index contributed by atoms with van der Waals surface area (Å²) >= 11 is 0. The zero-order valence-corrected chi connectivity index (χ0v) is 31.2. The maximum absolute atomic E-state index is 2.66. The van der Waals surface area contributed by atoms with Gasteiger partial charge in [-0.3, -0.25) is 0 Å². The van der Waals surface area contributed by atoms with E-state index >= 15 is 0 Å². The molecule has 52 heavy (non-hydrogen) atoms. The molecule has 9 rings (SSSR count). The van der Waals surface area contributed by atoms with Crippen LogP contribution in [0.3, 0.4) is 0 Å². The third-order valence-electron chi connectivity index (χ3n) is 11.5. The van der Waals surface area contributed by atoms with Gasteiger partial charge in [-0.2, -0.15) is 0 Å². The van der Waals surface area contributed by atoms with Gasteiger partial charge in [0.05, 0.1) is 11.7 Å². The topological polar surface area (TPSA) is 9.72 Å². The number of fused-ring (bicyclic) bond motifs is 4. The Labute approximate surface area is 310 Å². The molecular weight excluding hydrogens is 629 g/mol. The first-order valence-corrected chi connectivity index (χ1v) is 18.9.